The van der Waals surface area contributed by atoms with E-state index in [2.05, 4.69) is 32.9 Å². The van der Waals surface area contributed by atoms with Gasteiger partial charge in [-0.3, -0.25) is 0 Å². The zero-order valence-electron chi connectivity index (χ0n) is 15.3. The average molecular weight is 354 g/mol. The summed E-state index contributed by atoms with van der Waals surface area (Å²) >= 11 is 0. The van der Waals surface area contributed by atoms with Crippen molar-refractivity contribution in [2.75, 3.05) is 0 Å². The van der Waals surface area contributed by atoms with Crippen molar-refractivity contribution in [1.29, 1.82) is 0 Å². The first kappa shape index (κ1) is 22.2. The summed E-state index contributed by atoms with van der Waals surface area (Å²) in [6.45, 7) is 6.86. The Labute approximate surface area is 154 Å². The minimum Gasteiger partial charge on any atom is -0.214 e. The van der Waals surface area contributed by atoms with Crippen LogP contribution in [0.2, 0.25) is 0 Å². The van der Waals surface area contributed by atoms with Crippen LogP contribution in [0.15, 0.2) is 42.5 Å². The van der Waals surface area contributed by atoms with Crippen molar-refractivity contribution in [3.8, 4) is 0 Å². The van der Waals surface area contributed by atoms with E-state index in [4.69, 9.17) is 0 Å². The van der Waals surface area contributed by atoms with Crippen LogP contribution in [0, 0.1) is 0 Å². The van der Waals surface area contributed by atoms with Gasteiger partial charge >= 0.3 is 17.1 Å². The molecule has 0 fully saturated rings. The molecule has 0 saturated carbocycles. The van der Waals surface area contributed by atoms with E-state index >= 15 is 0 Å². The SMILES string of the molecule is CCCCc1cc[c-](CCCC)c1CCCC.[Fe+2].c1cc[cH-]c1. The summed E-state index contributed by atoms with van der Waals surface area (Å²) in [5.74, 6) is 0. The van der Waals surface area contributed by atoms with Gasteiger partial charge in [0.2, 0.25) is 0 Å². The van der Waals surface area contributed by atoms with Gasteiger partial charge in [-0.2, -0.15) is 41.0 Å². The molecule has 0 heterocycles. The topological polar surface area (TPSA) is 0 Å². The molecule has 0 nitrogen and oxygen atoms in total. The Morgan fingerprint density at radius 2 is 1.48 bits per heavy atom. The quantitative estimate of drug-likeness (QED) is 0.342. The predicted molar refractivity (Wildman–Crippen MR) is 99.9 cm³/mol. The van der Waals surface area contributed by atoms with Crippen molar-refractivity contribution in [2.45, 2.75) is 78.6 Å². The first-order chi connectivity index (χ1) is 10.8. The van der Waals surface area contributed by atoms with Crippen LogP contribution in [0.25, 0.3) is 0 Å². The molecule has 2 rings (SSSR count). The molecule has 0 aliphatic carbocycles. The minimum absolute atomic E-state index is 0. The van der Waals surface area contributed by atoms with Gasteiger partial charge in [0.05, 0.1) is 0 Å². The number of hydrogen-bond acceptors (Lipinski definition) is 0. The van der Waals surface area contributed by atoms with Crippen molar-refractivity contribution in [1.82, 2.24) is 0 Å². The van der Waals surface area contributed by atoms with Gasteiger partial charge < -0.3 is 0 Å². The van der Waals surface area contributed by atoms with E-state index in [9.17, 15) is 0 Å². The van der Waals surface area contributed by atoms with Gasteiger partial charge in [-0.15, -0.1) is 0 Å². The second-order valence-corrected chi connectivity index (χ2v) is 6.14. The Morgan fingerprint density at radius 3 is 2.00 bits per heavy atom. The second-order valence-electron chi connectivity index (χ2n) is 6.14. The van der Waals surface area contributed by atoms with Crippen LogP contribution in [0.4, 0.5) is 0 Å². The van der Waals surface area contributed by atoms with E-state index in [1.54, 1.807) is 16.7 Å². The molecule has 0 aliphatic rings. The molecule has 0 N–H and O–H groups in total. The van der Waals surface area contributed by atoms with Gasteiger partial charge in [-0.05, 0) is 0 Å². The van der Waals surface area contributed by atoms with Crippen molar-refractivity contribution >= 4 is 0 Å². The molecule has 0 atom stereocenters. The summed E-state index contributed by atoms with van der Waals surface area (Å²) in [4.78, 5) is 0. The van der Waals surface area contributed by atoms with E-state index in [0.29, 0.717) is 0 Å². The van der Waals surface area contributed by atoms with E-state index in [-0.39, 0.29) is 17.1 Å². The zero-order chi connectivity index (χ0) is 16.0. The predicted octanol–water partition coefficient (Wildman–Crippen LogP) is 6.84. The van der Waals surface area contributed by atoms with Crippen LogP contribution in [0.3, 0.4) is 0 Å². The van der Waals surface area contributed by atoms with Gasteiger partial charge in [0.25, 0.3) is 0 Å². The van der Waals surface area contributed by atoms with Crippen molar-refractivity contribution in [2.24, 2.45) is 0 Å². The molecule has 23 heavy (non-hydrogen) atoms. The van der Waals surface area contributed by atoms with Crippen LogP contribution >= 0.6 is 0 Å². The standard InChI is InChI=1S/C17H29.C5H5.Fe/c1-4-7-10-15-13-14-16(11-8-5-2)17(15)12-9-6-3;1-2-4-5-3-1;/h13-14H,4-12H2,1-3H3;1-5H;/q2*-1;+2. The van der Waals surface area contributed by atoms with Gasteiger partial charge in [-0.25, -0.2) is 18.2 Å². The molecule has 1 heteroatoms. The van der Waals surface area contributed by atoms with Crippen LogP contribution in [0.1, 0.15) is 76.0 Å². The molecule has 2 aromatic rings. The maximum absolute atomic E-state index is 2.39. The summed E-state index contributed by atoms with van der Waals surface area (Å²) in [7, 11) is 0. The molecule has 0 aliphatic heterocycles. The summed E-state index contributed by atoms with van der Waals surface area (Å²) < 4.78 is 0. The number of unbranched alkanes of at least 4 members (excludes halogenated alkanes) is 3. The third kappa shape index (κ3) is 9.18. The van der Waals surface area contributed by atoms with Crippen molar-refractivity contribution in [3.63, 3.8) is 0 Å². The Kier molecular flexibility index (Phi) is 14.3. The summed E-state index contributed by atoms with van der Waals surface area (Å²) in [5, 5.41) is 0. The van der Waals surface area contributed by atoms with Crippen LogP contribution < -0.4 is 0 Å². The number of hydrogen-bond donors (Lipinski definition) is 0. The van der Waals surface area contributed by atoms with Crippen molar-refractivity contribution in [3.05, 3.63) is 59.2 Å². The van der Waals surface area contributed by atoms with Crippen LogP contribution in [-0.4, -0.2) is 0 Å². The first-order valence-electron chi connectivity index (χ1n) is 9.26. The van der Waals surface area contributed by atoms with Gasteiger partial charge in [0.1, 0.15) is 0 Å². The Hall–Kier alpha value is -0.781. The first-order valence-corrected chi connectivity index (χ1v) is 9.26. The Balaban J connectivity index is 0.000000684. The molecule has 0 unspecified atom stereocenters. The molecule has 0 radical (unpaired) electrons. The van der Waals surface area contributed by atoms with E-state index in [1.807, 2.05) is 30.3 Å². The summed E-state index contributed by atoms with van der Waals surface area (Å²) in [6, 6.07) is 14.8. The maximum atomic E-state index is 2.39. The smallest absolute Gasteiger partial charge is 0.214 e. The fourth-order valence-corrected chi connectivity index (χ4v) is 2.81. The molecule has 0 saturated heterocycles. The fourth-order valence-electron chi connectivity index (χ4n) is 2.81. The molecule has 0 amide bonds. The normalized spacial score (nSPS) is 9.87. The molecular formula is C22H34Fe. The van der Waals surface area contributed by atoms with Crippen LogP contribution in [0.5, 0.6) is 0 Å². The molecular weight excluding hydrogens is 320 g/mol. The molecule has 0 aromatic heterocycles. The van der Waals surface area contributed by atoms with Gasteiger partial charge in [0.15, 0.2) is 0 Å². The molecule has 0 spiro atoms. The zero-order valence-corrected chi connectivity index (χ0v) is 16.4. The van der Waals surface area contributed by atoms with E-state index in [0.717, 1.165) is 0 Å². The largest absolute Gasteiger partial charge is 2.00 e. The third-order valence-corrected chi connectivity index (χ3v) is 4.20. The summed E-state index contributed by atoms with van der Waals surface area (Å²) in [5.41, 5.74) is 4.99. The van der Waals surface area contributed by atoms with Gasteiger partial charge in [0, 0.05) is 0 Å². The Morgan fingerprint density at radius 1 is 0.870 bits per heavy atom. The van der Waals surface area contributed by atoms with Crippen LogP contribution in [-0.2, 0) is 36.3 Å². The molecule has 130 valence electrons. The van der Waals surface area contributed by atoms with Gasteiger partial charge in [-0.1, -0.05) is 78.6 Å². The summed E-state index contributed by atoms with van der Waals surface area (Å²) in [6.07, 6.45) is 11.9. The Bertz CT molecular complexity index is 408. The monoisotopic (exact) mass is 354 g/mol. The molecule has 0 bridgehead atoms. The second kappa shape index (κ2) is 14.8. The van der Waals surface area contributed by atoms with E-state index in [1.165, 1.54) is 57.8 Å². The van der Waals surface area contributed by atoms with E-state index < -0.39 is 0 Å². The molecule has 2 aromatic carbocycles. The number of aryl methyl sites for hydroxylation is 2. The third-order valence-electron chi connectivity index (χ3n) is 4.20. The van der Waals surface area contributed by atoms with Crippen molar-refractivity contribution < 1.29 is 17.1 Å². The fraction of sp³-hybridized carbons (Fsp3) is 0.545. The number of rotatable bonds is 9. The maximum Gasteiger partial charge on any atom is 2.00 e. The average Bonchev–Trinajstić information content (AvgIpc) is 3.22. The minimum atomic E-state index is 0.